The molecular weight excluding hydrogens is 227 g/mol. The maximum Gasteiger partial charge on any atom is 0.129 e. The van der Waals surface area contributed by atoms with Crippen LogP contribution in [0, 0.1) is 5.82 Å². The predicted octanol–water partition coefficient (Wildman–Crippen LogP) is 2.42. The molecule has 0 aliphatic carbocycles. The first kappa shape index (κ1) is 11.0. The summed E-state index contributed by atoms with van der Waals surface area (Å²) in [7, 11) is 1.55. The van der Waals surface area contributed by atoms with Crippen LogP contribution in [0.3, 0.4) is 0 Å². The fraction of sp³-hybridized carbons (Fsp3) is 0.182. The Balaban J connectivity index is 2.49. The maximum atomic E-state index is 13.2. The van der Waals surface area contributed by atoms with Gasteiger partial charge in [-0.25, -0.2) is 9.37 Å². The summed E-state index contributed by atoms with van der Waals surface area (Å²) in [6, 6.07) is 4.37. The second kappa shape index (κ2) is 4.59. The smallest absolute Gasteiger partial charge is 0.129 e. The molecule has 2 N–H and O–H groups in total. The van der Waals surface area contributed by atoms with Gasteiger partial charge in [0.2, 0.25) is 0 Å². The number of aromatic nitrogens is 1. The lowest BCUT2D eigenvalue weighted by molar-refractivity contribution is 0.415. The van der Waals surface area contributed by atoms with Gasteiger partial charge in [0, 0.05) is 11.9 Å². The Morgan fingerprint density at radius 3 is 2.94 bits per heavy atom. The van der Waals surface area contributed by atoms with E-state index in [2.05, 4.69) is 4.98 Å². The number of halogens is 1. The van der Waals surface area contributed by atoms with E-state index in [0.29, 0.717) is 17.9 Å². The molecular formula is C11H11FN2OS. The Morgan fingerprint density at radius 2 is 2.31 bits per heavy atom. The molecule has 2 aromatic rings. The molecule has 16 heavy (non-hydrogen) atoms. The first-order chi connectivity index (χ1) is 7.74. The average Bonchev–Trinajstić information content (AvgIpc) is 2.77. The van der Waals surface area contributed by atoms with Crippen molar-refractivity contribution in [3.05, 3.63) is 35.1 Å². The number of ether oxygens (including phenoxy) is 1. The Labute approximate surface area is 96.7 Å². The lowest BCUT2D eigenvalue weighted by Gasteiger charge is -2.05. The summed E-state index contributed by atoms with van der Waals surface area (Å²) in [4.78, 5) is 4.30. The third-order valence-electron chi connectivity index (χ3n) is 2.15. The van der Waals surface area contributed by atoms with Gasteiger partial charge in [0.1, 0.15) is 16.6 Å². The predicted molar refractivity (Wildman–Crippen MR) is 62.0 cm³/mol. The quantitative estimate of drug-likeness (QED) is 0.893. The van der Waals surface area contributed by atoms with Gasteiger partial charge in [0.25, 0.3) is 0 Å². The summed E-state index contributed by atoms with van der Waals surface area (Å²) in [5.74, 6) is 0.305. The van der Waals surface area contributed by atoms with Crippen LogP contribution in [0.25, 0.3) is 10.6 Å². The number of rotatable bonds is 3. The average molecular weight is 238 g/mol. The maximum absolute atomic E-state index is 13.2. The van der Waals surface area contributed by atoms with E-state index >= 15 is 0 Å². The topological polar surface area (TPSA) is 48.1 Å². The molecule has 1 aromatic carbocycles. The summed E-state index contributed by atoms with van der Waals surface area (Å²) in [5, 5.41) is 2.58. The van der Waals surface area contributed by atoms with Crippen molar-refractivity contribution in [2.24, 2.45) is 5.73 Å². The van der Waals surface area contributed by atoms with Gasteiger partial charge in [-0.15, -0.1) is 11.3 Å². The zero-order valence-corrected chi connectivity index (χ0v) is 9.55. The van der Waals surface area contributed by atoms with Crippen LogP contribution in [0.2, 0.25) is 0 Å². The molecule has 84 valence electrons. The van der Waals surface area contributed by atoms with Gasteiger partial charge in [-0.1, -0.05) is 0 Å². The molecule has 0 aliphatic rings. The monoisotopic (exact) mass is 238 g/mol. The Hall–Kier alpha value is -1.46. The third-order valence-corrected chi connectivity index (χ3v) is 3.08. The van der Waals surface area contributed by atoms with Gasteiger partial charge in [0.15, 0.2) is 0 Å². The molecule has 0 fully saturated rings. The van der Waals surface area contributed by atoms with E-state index in [9.17, 15) is 4.39 Å². The van der Waals surface area contributed by atoms with E-state index in [1.807, 2.05) is 5.38 Å². The van der Waals surface area contributed by atoms with E-state index in [1.54, 1.807) is 13.2 Å². The van der Waals surface area contributed by atoms with E-state index in [0.717, 1.165) is 10.7 Å². The van der Waals surface area contributed by atoms with Crippen LogP contribution >= 0.6 is 11.3 Å². The van der Waals surface area contributed by atoms with Gasteiger partial charge in [-0.2, -0.15) is 0 Å². The molecule has 0 bridgehead atoms. The van der Waals surface area contributed by atoms with Crippen molar-refractivity contribution in [3.63, 3.8) is 0 Å². The number of methoxy groups -OCH3 is 1. The van der Waals surface area contributed by atoms with Gasteiger partial charge in [-0.05, 0) is 18.2 Å². The fourth-order valence-corrected chi connectivity index (χ4v) is 2.22. The summed E-state index contributed by atoms with van der Waals surface area (Å²) in [6.45, 7) is 0.383. The third kappa shape index (κ3) is 2.05. The number of hydrogen-bond donors (Lipinski definition) is 1. The molecule has 0 saturated carbocycles. The molecule has 5 heteroatoms. The number of nitrogens with two attached hydrogens (primary N) is 1. The normalized spacial score (nSPS) is 10.4. The zero-order chi connectivity index (χ0) is 11.5. The van der Waals surface area contributed by atoms with E-state index in [-0.39, 0.29) is 5.82 Å². The molecule has 3 nitrogen and oxygen atoms in total. The van der Waals surface area contributed by atoms with E-state index < -0.39 is 0 Å². The van der Waals surface area contributed by atoms with Crippen LogP contribution in [-0.4, -0.2) is 12.1 Å². The molecule has 0 atom stereocenters. The van der Waals surface area contributed by atoms with E-state index in [4.69, 9.17) is 10.5 Å². The molecule has 0 saturated heterocycles. The van der Waals surface area contributed by atoms with Crippen molar-refractivity contribution < 1.29 is 9.13 Å². The summed E-state index contributed by atoms with van der Waals surface area (Å²) in [5.41, 5.74) is 6.94. The highest BCUT2D eigenvalue weighted by Gasteiger charge is 2.10. The summed E-state index contributed by atoms with van der Waals surface area (Å²) in [6.07, 6.45) is 0. The summed E-state index contributed by atoms with van der Waals surface area (Å²) >= 11 is 1.43. The number of benzene rings is 1. The van der Waals surface area contributed by atoms with Crippen molar-refractivity contribution in [2.45, 2.75) is 6.54 Å². The van der Waals surface area contributed by atoms with Crippen LogP contribution in [0.15, 0.2) is 23.6 Å². The SMILES string of the molecule is COc1ccc(F)cc1-c1nc(CN)cs1. The Morgan fingerprint density at radius 1 is 1.50 bits per heavy atom. The standard InChI is InChI=1S/C11H11FN2OS/c1-15-10-3-2-7(12)4-9(10)11-14-8(5-13)6-16-11/h2-4,6H,5,13H2,1H3. The van der Waals surface area contributed by atoms with Crippen LogP contribution in [0.1, 0.15) is 5.69 Å². The van der Waals surface area contributed by atoms with E-state index in [1.165, 1.54) is 23.5 Å². The number of hydrogen-bond acceptors (Lipinski definition) is 4. The number of thiazole rings is 1. The highest BCUT2D eigenvalue weighted by atomic mass is 32.1. The van der Waals surface area contributed by atoms with Crippen molar-refractivity contribution in [1.29, 1.82) is 0 Å². The van der Waals surface area contributed by atoms with Crippen LogP contribution < -0.4 is 10.5 Å². The minimum atomic E-state index is -0.305. The largest absolute Gasteiger partial charge is 0.496 e. The van der Waals surface area contributed by atoms with Gasteiger partial charge < -0.3 is 10.5 Å². The van der Waals surface area contributed by atoms with Crippen molar-refractivity contribution in [2.75, 3.05) is 7.11 Å². The van der Waals surface area contributed by atoms with Gasteiger partial charge in [-0.3, -0.25) is 0 Å². The first-order valence-electron chi connectivity index (χ1n) is 4.73. The molecule has 1 heterocycles. The second-order valence-electron chi connectivity index (χ2n) is 3.19. The minimum absolute atomic E-state index is 0.305. The van der Waals surface area contributed by atoms with Gasteiger partial charge in [0.05, 0.1) is 18.4 Å². The minimum Gasteiger partial charge on any atom is -0.496 e. The molecule has 1 aromatic heterocycles. The van der Waals surface area contributed by atoms with Crippen molar-refractivity contribution in [1.82, 2.24) is 4.98 Å². The molecule has 0 radical (unpaired) electrons. The van der Waals surface area contributed by atoms with Crippen molar-refractivity contribution >= 4 is 11.3 Å². The highest BCUT2D eigenvalue weighted by Crippen LogP contribution is 2.32. The number of nitrogens with zero attached hydrogens (tertiary/aromatic N) is 1. The zero-order valence-electron chi connectivity index (χ0n) is 8.74. The molecule has 0 amide bonds. The Kier molecular flexibility index (Phi) is 3.17. The Bertz CT molecular complexity index is 498. The summed E-state index contributed by atoms with van der Waals surface area (Å²) < 4.78 is 18.3. The molecule has 0 spiro atoms. The van der Waals surface area contributed by atoms with Gasteiger partial charge >= 0.3 is 0 Å². The molecule has 0 aliphatic heterocycles. The van der Waals surface area contributed by atoms with Crippen LogP contribution in [0.5, 0.6) is 5.75 Å². The molecule has 0 unspecified atom stereocenters. The lowest BCUT2D eigenvalue weighted by Crippen LogP contribution is -1.96. The van der Waals surface area contributed by atoms with Crippen LogP contribution in [-0.2, 0) is 6.54 Å². The first-order valence-corrected chi connectivity index (χ1v) is 5.61. The lowest BCUT2D eigenvalue weighted by atomic mass is 10.2. The fourth-order valence-electron chi connectivity index (χ4n) is 1.37. The van der Waals surface area contributed by atoms with Crippen LogP contribution in [0.4, 0.5) is 4.39 Å². The second-order valence-corrected chi connectivity index (χ2v) is 4.05. The highest BCUT2D eigenvalue weighted by molar-refractivity contribution is 7.13. The molecule has 2 rings (SSSR count). The van der Waals surface area contributed by atoms with Crippen molar-refractivity contribution in [3.8, 4) is 16.3 Å².